The lowest BCUT2D eigenvalue weighted by Crippen LogP contribution is -2.44. The minimum absolute atomic E-state index is 0.244. The molecular formula is C20H18ClN3O4. The SMILES string of the molecule is COC(=O)[C@@H](CO)NC(=O)c1cn(-c2ccccc2)nc1-c1ccc(Cl)cc1. The molecule has 0 bridgehead atoms. The summed E-state index contributed by atoms with van der Waals surface area (Å²) in [7, 11) is 1.18. The van der Waals surface area contributed by atoms with Crippen LogP contribution in [0.5, 0.6) is 0 Å². The molecule has 1 aromatic heterocycles. The maximum Gasteiger partial charge on any atom is 0.330 e. The van der Waals surface area contributed by atoms with Crippen molar-refractivity contribution in [3.05, 3.63) is 71.4 Å². The second-order valence-electron chi connectivity index (χ2n) is 5.91. The third kappa shape index (κ3) is 4.21. The molecule has 0 saturated carbocycles. The normalized spacial score (nSPS) is 11.7. The number of aromatic nitrogens is 2. The van der Waals surface area contributed by atoms with E-state index in [1.54, 1.807) is 35.1 Å². The first-order chi connectivity index (χ1) is 13.5. The Hall–Kier alpha value is -3.16. The van der Waals surface area contributed by atoms with E-state index in [4.69, 9.17) is 11.6 Å². The van der Waals surface area contributed by atoms with Gasteiger partial charge in [-0.15, -0.1) is 0 Å². The molecule has 3 aromatic rings. The maximum absolute atomic E-state index is 12.8. The Balaban J connectivity index is 2.02. The zero-order valence-corrected chi connectivity index (χ0v) is 15.8. The van der Waals surface area contributed by atoms with E-state index in [9.17, 15) is 14.7 Å². The zero-order chi connectivity index (χ0) is 20.1. The molecule has 0 radical (unpaired) electrons. The van der Waals surface area contributed by atoms with E-state index in [0.717, 1.165) is 5.69 Å². The zero-order valence-electron chi connectivity index (χ0n) is 15.0. The molecule has 28 heavy (non-hydrogen) atoms. The van der Waals surface area contributed by atoms with Crippen LogP contribution in [0.4, 0.5) is 0 Å². The number of amides is 1. The van der Waals surface area contributed by atoms with Gasteiger partial charge in [0.25, 0.3) is 5.91 Å². The third-order valence-electron chi connectivity index (χ3n) is 4.07. The highest BCUT2D eigenvalue weighted by Gasteiger charge is 2.25. The number of esters is 1. The second-order valence-corrected chi connectivity index (χ2v) is 6.35. The molecular weight excluding hydrogens is 382 g/mol. The quantitative estimate of drug-likeness (QED) is 0.621. The minimum atomic E-state index is -1.17. The van der Waals surface area contributed by atoms with Crippen LogP contribution in [-0.2, 0) is 9.53 Å². The molecule has 0 aliphatic carbocycles. The van der Waals surface area contributed by atoms with Gasteiger partial charge in [-0.1, -0.05) is 41.9 Å². The van der Waals surface area contributed by atoms with Crippen molar-refractivity contribution in [1.29, 1.82) is 0 Å². The van der Waals surface area contributed by atoms with Crippen LogP contribution >= 0.6 is 11.6 Å². The summed E-state index contributed by atoms with van der Waals surface area (Å²) in [6.45, 7) is -0.582. The molecule has 8 heteroatoms. The number of hydrogen-bond donors (Lipinski definition) is 2. The number of aliphatic hydroxyl groups is 1. The first-order valence-corrected chi connectivity index (χ1v) is 8.82. The molecule has 1 heterocycles. The summed E-state index contributed by atoms with van der Waals surface area (Å²) in [5.74, 6) is -1.30. The number of benzene rings is 2. The standard InChI is InChI=1S/C20H18ClN3O4/c1-28-20(27)17(12-25)22-19(26)16-11-24(15-5-3-2-4-6-15)23-18(16)13-7-9-14(21)10-8-13/h2-11,17,25H,12H2,1H3,(H,22,26)/t17-/m1/s1. The number of nitrogens with zero attached hydrogens (tertiary/aromatic N) is 2. The number of methoxy groups -OCH3 is 1. The van der Waals surface area contributed by atoms with Gasteiger partial charge in [-0.2, -0.15) is 5.10 Å². The average Bonchev–Trinajstić information content (AvgIpc) is 3.18. The maximum atomic E-state index is 12.8. The van der Waals surface area contributed by atoms with Crippen molar-refractivity contribution in [3.63, 3.8) is 0 Å². The Morgan fingerprint density at radius 2 is 1.86 bits per heavy atom. The molecule has 1 atom stereocenters. The van der Waals surface area contributed by atoms with Gasteiger partial charge in [0.2, 0.25) is 0 Å². The van der Waals surface area contributed by atoms with Crippen molar-refractivity contribution in [2.45, 2.75) is 6.04 Å². The topological polar surface area (TPSA) is 93.5 Å². The number of nitrogens with one attached hydrogen (secondary N) is 1. The van der Waals surface area contributed by atoms with E-state index in [0.29, 0.717) is 16.3 Å². The molecule has 0 saturated heterocycles. The highest BCUT2D eigenvalue weighted by atomic mass is 35.5. The molecule has 144 valence electrons. The number of aliphatic hydroxyl groups excluding tert-OH is 1. The van der Waals surface area contributed by atoms with Gasteiger partial charge in [-0.05, 0) is 24.3 Å². The lowest BCUT2D eigenvalue weighted by Gasteiger charge is -2.13. The van der Waals surface area contributed by atoms with E-state index < -0.39 is 24.5 Å². The largest absolute Gasteiger partial charge is 0.467 e. The van der Waals surface area contributed by atoms with Gasteiger partial charge in [-0.3, -0.25) is 4.79 Å². The average molecular weight is 400 g/mol. The summed E-state index contributed by atoms with van der Waals surface area (Å²) < 4.78 is 6.17. The molecule has 0 unspecified atom stereocenters. The summed E-state index contributed by atoms with van der Waals surface area (Å²) in [4.78, 5) is 24.5. The van der Waals surface area contributed by atoms with Gasteiger partial charge >= 0.3 is 5.97 Å². The van der Waals surface area contributed by atoms with E-state index >= 15 is 0 Å². The molecule has 1 amide bonds. The summed E-state index contributed by atoms with van der Waals surface area (Å²) in [6, 6.07) is 15.0. The number of para-hydroxylation sites is 1. The summed E-state index contributed by atoms with van der Waals surface area (Å²) in [5, 5.41) is 16.9. The highest BCUT2D eigenvalue weighted by Crippen LogP contribution is 2.25. The van der Waals surface area contributed by atoms with Crippen LogP contribution in [0.2, 0.25) is 5.02 Å². The molecule has 3 rings (SSSR count). The Labute approximate surface area is 166 Å². The minimum Gasteiger partial charge on any atom is -0.467 e. The van der Waals surface area contributed by atoms with Gasteiger partial charge in [0.05, 0.1) is 25.0 Å². The fourth-order valence-electron chi connectivity index (χ4n) is 2.63. The predicted octanol–water partition coefficient (Wildman–Crippen LogP) is 2.46. The number of halogens is 1. The van der Waals surface area contributed by atoms with E-state index in [-0.39, 0.29) is 5.56 Å². The first kappa shape index (κ1) is 19.6. The van der Waals surface area contributed by atoms with Crippen molar-refractivity contribution >= 4 is 23.5 Å². The van der Waals surface area contributed by atoms with Crippen LogP contribution in [0, 0.1) is 0 Å². The van der Waals surface area contributed by atoms with Gasteiger partial charge in [0, 0.05) is 16.8 Å². The van der Waals surface area contributed by atoms with Gasteiger partial charge in [0.15, 0.2) is 6.04 Å². The summed E-state index contributed by atoms with van der Waals surface area (Å²) in [6.07, 6.45) is 1.57. The van der Waals surface area contributed by atoms with E-state index in [1.165, 1.54) is 7.11 Å². The van der Waals surface area contributed by atoms with Crippen LogP contribution in [0.25, 0.3) is 16.9 Å². The molecule has 0 spiro atoms. The van der Waals surface area contributed by atoms with Crippen molar-refractivity contribution < 1.29 is 19.4 Å². The Bertz CT molecular complexity index is 971. The van der Waals surface area contributed by atoms with Crippen LogP contribution < -0.4 is 5.32 Å². The number of hydrogen-bond acceptors (Lipinski definition) is 5. The molecule has 0 aliphatic rings. The van der Waals surface area contributed by atoms with Crippen molar-refractivity contribution in [2.24, 2.45) is 0 Å². The molecule has 2 N–H and O–H groups in total. The molecule has 2 aromatic carbocycles. The first-order valence-electron chi connectivity index (χ1n) is 8.44. The smallest absolute Gasteiger partial charge is 0.330 e. The van der Waals surface area contributed by atoms with Gasteiger partial charge in [-0.25, -0.2) is 9.48 Å². The Morgan fingerprint density at radius 1 is 1.18 bits per heavy atom. The number of carbonyl (C=O) groups excluding carboxylic acids is 2. The lowest BCUT2D eigenvalue weighted by molar-refractivity contribution is -0.143. The Morgan fingerprint density at radius 3 is 2.46 bits per heavy atom. The summed E-state index contributed by atoms with van der Waals surface area (Å²) in [5.41, 5.74) is 2.11. The van der Waals surface area contributed by atoms with Crippen LogP contribution in [0.15, 0.2) is 60.8 Å². The van der Waals surface area contributed by atoms with Crippen LogP contribution in [0.1, 0.15) is 10.4 Å². The Kier molecular flexibility index (Phi) is 6.08. The summed E-state index contributed by atoms with van der Waals surface area (Å²) >= 11 is 5.96. The van der Waals surface area contributed by atoms with E-state index in [2.05, 4.69) is 15.2 Å². The molecule has 0 aliphatic heterocycles. The fraction of sp³-hybridized carbons (Fsp3) is 0.150. The fourth-order valence-corrected chi connectivity index (χ4v) is 2.76. The van der Waals surface area contributed by atoms with Crippen molar-refractivity contribution in [2.75, 3.05) is 13.7 Å². The monoisotopic (exact) mass is 399 g/mol. The predicted molar refractivity (Wildman–Crippen MR) is 104 cm³/mol. The van der Waals surface area contributed by atoms with Crippen molar-refractivity contribution in [1.82, 2.24) is 15.1 Å². The van der Waals surface area contributed by atoms with Crippen LogP contribution in [0.3, 0.4) is 0 Å². The number of ether oxygens (including phenoxy) is 1. The van der Waals surface area contributed by atoms with Crippen LogP contribution in [-0.4, -0.2) is 46.5 Å². The highest BCUT2D eigenvalue weighted by molar-refractivity contribution is 6.30. The number of carbonyl (C=O) groups is 2. The lowest BCUT2D eigenvalue weighted by atomic mass is 10.1. The third-order valence-corrected chi connectivity index (χ3v) is 4.32. The van der Waals surface area contributed by atoms with Crippen molar-refractivity contribution in [3.8, 4) is 16.9 Å². The second kappa shape index (κ2) is 8.69. The number of rotatable bonds is 6. The van der Waals surface area contributed by atoms with E-state index in [1.807, 2.05) is 30.3 Å². The molecule has 0 fully saturated rings. The van der Waals surface area contributed by atoms with Gasteiger partial charge < -0.3 is 15.2 Å². The van der Waals surface area contributed by atoms with Gasteiger partial charge in [0.1, 0.15) is 5.69 Å². The molecule has 7 nitrogen and oxygen atoms in total.